The topological polar surface area (TPSA) is 44.2 Å². The molecule has 0 saturated heterocycles. The summed E-state index contributed by atoms with van der Waals surface area (Å²) < 4.78 is 78.9. The van der Waals surface area contributed by atoms with Gasteiger partial charge in [0.1, 0.15) is 5.75 Å². The van der Waals surface area contributed by atoms with Gasteiger partial charge < -0.3 is 10.9 Å². The fraction of sp³-hybridized carbons (Fsp3) is 0.333. The molecule has 1 aliphatic rings. The summed E-state index contributed by atoms with van der Waals surface area (Å²) in [7, 11) is 0. The number of halogens is 6. The normalized spacial score (nSPS) is 17.3. The van der Waals surface area contributed by atoms with Crippen molar-refractivity contribution in [3.8, 4) is 5.75 Å². The van der Waals surface area contributed by atoms with Gasteiger partial charge in [0.15, 0.2) is 0 Å². The molecule has 0 spiro atoms. The molecule has 1 aromatic rings. The van der Waals surface area contributed by atoms with Crippen molar-refractivity contribution < 1.29 is 31.1 Å². The number of hydrogen-bond donors (Lipinski definition) is 1. The molecule has 0 saturated carbocycles. The van der Waals surface area contributed by atoms with Gasteiger partial charge in [-0.1, -0.05) is 18.2 Å². The minimum absolute atomic E-state index is 0. The van der Waals surface area contributed by atoms with E-state index in [1.807, 2.05) is 0 Å². The Hall–Kier alpha value is -1.44. The lowest BCUT2D eigenvalue weighted by Gasteiger charge is -2.45. The largest absolute Gasteiger partial charge is 0.464 e. The van der Waals surface area contributed by atoms with Gasteiger partial charge in [-0.15, -0.1) is 0 Å². The second-order valence-electron chi connectivity index (χ2n) is 3.27. The lowest BCUT2D eigenvalue weighted by atomic mass is 9.86. The monoisotopic (exact) mass is 259 g/mol. The second kappa shape index (κ2) is 3.52. The van der Waals surface area contributed by atoms with Gasteiger partial charge in [0.05, 0.1) is 5.56 Å². The quantitative estimate of drug-likeness (QED) is 0.724. The maximum absolute atomic E-state index is 12.5. The first-order valence-electron chi connectivity index (χ1n) is 4.12. The van der Waals surface area contributed by atoms with Crippen molar-refractivity contribution in [3.05, 3.63) is 29.8 Å². The van der Waals surface area contributed by atoms with Gasteiger partial charge in [-0.2, -0.15) is 26.3 Å². The molecule has 0 bridgehead atoms. The molecule has 2 rings (SSSR count). The summed E-state index contributed by atoms with van der Waals surface area (Å²) in [6.07, 6.45) is -11.1. The first kappa shape index (κ1) is 13.6. The van der Waals surface area contributed by atoms with Gasteiger partial charge in [-0.25, -0.2) is 0 Å². The summed E-state index contributed by atoms with van der Waals surface area (Å²) in [6.45, 7) is 0. The number of para-hydroxylation sites is 1. The van der Waals surface area contributed by atoms with E-state index in [1.165, 1.54) is 6.07 Å². The summed E-state index contributed by atoms with van der Waals surface area (Å²) in [6, 6.07) is 4.23. The molecule has 96 valence electrons. The third-order valence-corrected chi connectivity index (χ3v) is 2.33. The minimum Gasteiger partial charge on any atom is -0.464 e. The predicted molar refractivity (Wildman–Crippen MR) is 45.9 cm³/mol. The Bertz CT molecular complexity index is 410. The van der Waals surface area contributed by atoms with E-state index in [2.05, 4.69) is 4.74 Å². The predicted octanol–water partition coefficient (Wildman–Crippen LogP) is 3.56. The highest BCUT2D eigenvalue weighted by Crippen LogP contribution is 2.60. The maximum atomic E-state index is 12.5. The van der Waals surface area contributed by atoms with Crippen LogP contribution in [0, 0.1) is 0 Å². The van der Waals surface area contributed by atoms with E-state index in [9.17, 15) is 26.3 Å². The van der Waals surface area contributed by atoms with E-state index < -0.39 is 29.3 Å². The van der Waals surface area contributed by atoms with Crippen LogP contribution in [0.2, 0.25) is 0 Å². The molecule has 0 fully saturated rings. The number of benzene rings is 1. The molecule has 1 aliphatic heterocycles. The van der Waals surface area contributed by atoms with Crippen molar-refractivity contribution in [3.63, 3.8) is 0 Å². The van der Waals surface area contributed by atoms with E-state index in [4.69, 9.17) is 0 Å². The van der Waals surface area contributed by atoms with Crippen LogP contribution in [0.15, 0.2) is 24.3 Å². The summed E-state index contributed by atoms with van der Waals surface area (Å²) in [5, 5.41) is 0. The van der Waals surface area contributed by atoms with Crippen LogP contribution in [-0.2, 0) is 5.60 Å². The third-order valence-electron chi connectivity index (χ3n) is 2.33. The van der Waals surface area contributed by atoms with Gasteiger partial charge in [0, 0.05) is 0 Å². The molecule has 0 unspecified atom stereocenters. The fourth-order valence-electron chi connectivity index (χ4n) is 1.60. The van der Waals surface area contributed by atoms with Crippen LogP contribution < -0.4 is 10.9 Å². The molecule has 17 heavy (non-hydrogen) atoms. The number of alkyl halides is 6. The van der Waals surface area contributed by atoms with Crippen molar-refractivity contribution in [2.45, 2.75) is 18.0 Å². The Kier molecular flexibility index (Phi) is 2.82. The van der Waals surface area contributed by atoms with E-state index in [0.717, 1.165) is 18.2 Å². The molecule has 1 heterocycles. The molecular formula is C9H7F6NO. The minimum atomic E-state index is -5.53. The highest BCUT2D eigenvalue weighted by atomic mass is 19.4. The molecule has 1 aromatic carbocycles. The molecule has 0 amide bonds. The number of ether oxygens (including phenoxy) is 1. The van der Waals surface area contributed by atoms with Crippen LogP contribution in [0.1, 0.15) is 5.56 Å². The summed E-state index contributed by atoms with van der Waals surface area (Å²) in [5.41, 5.74) is -5.06. The van der Waals surface area contributed by atoms with Crippen LogP contribution in [0.3, 0.4) is 0 Å². The van der Waals surface area contributed by atoms with E-state index in [-0.39, 0.29) is 6.15 Å². The van der Waals surface area contributed by atoms with Gasteiger partial charge >= 0.3 is 18.0 Å². The van der Waals surface area contributed by atoms with Crippen LogP contribution >= 0.6 is 0 Å². The number of fused-ring (bicyclic) bond motifs is 1. The van der Waals surface area contributed by atoms with Crippen molar-refractivity contribution in [2.75, 3.05) is 0 Å². The van der Waals surface area contributed by atoms with Gasteiger partial charge in [0.2, 0.25) is 0 Å². The Labute approximate surface area is 91.8 Å². The molecule has 8 heteroatoms. The average Bonchev–Trinajstić information content (AvgIpc) is 2.02. The summed E-state index contributed by atoms with van der Waals surface area (Å²) in [5.74, 6) is -0.392. The van der Waals surface area contributed by atoms with Crippen LogP contribution in [0.5, 0.6) is 5.75 Å². The molecular weight excluding hydrogens is 252 g/mol. The summed E-state index contributed by atoms with van der Waals surface area (Å²) >= 11 is 0. The average molecular weight is 259 g/mol. The van der Waals surface area contributed by atoms with Gasteiger partial charge in [-0.3, -0.25) is 0 Å². The van der Waals surface area contributed by atoms with E-state index in [1.54, 1.807) is 0 Å². The molecule has 2 nitrogen and oxygen atoms in total. The van der Waals surface area contributed by atoms with Crippen LogP contribution in [-0.4, -0.2) is 12.4 Å². The first-order chi connectivity index (χ1) is 7.20. The van der Waals surface area contributed by atoms with Crippen LogP contribution in [0.25, 0.3) is 0 Å². The van der Waals surface area contributed by atoms with Crippen molar-refractivity contribution in [2.24, 2.45) is 0 Å². The lowest BCUT2D eigenvalue weighted by molar-refractivity contribution is -0.380. The highest BCUT2D eigenvalue weighted by molar-refractivity contribution is 5.48. The summed E-state index contributed by atoms with van der Waals surface area (Å²) in [4.78, 5) is 0. The van der Waals surface area contributed by atoms with Crippen molar-refractivity contribution in [1.82, 2.24) is 6.15 Å². The first-order valence-corrected chi connectivity index (χ1v) is 4.12. The zero-order valence-electron chi connectivity index (χ0n) is 8.19. The van der Waals surface area contributed by atoms with Gasteiger partial charge in [-0.05, 0) is 6.07 Å². The Morgan fingerprint density at radius 2 is 1.35 bits per heavy atom. The fourth-order valence-corrected chi connectivity index (χ4v) is 1.60. The Balaban J connectivity index is 0.00000144. The van der Waals surface area contributed by atoms with Gasteiger partial charge in [0.25, 0.3) is 0 Å². The maximum Gasteiger partial charge on any atom is 0.442 e. The third kappa shape index (κ3) is 1.54. The van der Waals surface area contributed by atoms with Crippen LogP contribution in [0.4, 0.5) is 26.3 Å². The molecule has 3 N–H and O–H groups in total. The Morgan fingerprint density at radius 3 is 1.76 bits per heavy atom. The molecule has 0 radical (unpaired) electrons. The van der Waals surface area contributed by atoms with E-state index in [0.29, 0.717) is 0 Å². The lowest BCUT2D eigenvalue weighted by Crippen LogP contribution is -2.62. The molecule has 0 aromatic heterocycles. The zero-order valence-corrected chi connectivity index (χ0v) is 8.19. The molecule has 0 aliphatic carbocycles. The SMILES string of the molecule is FC(F)(F)C1(C(F)(F)F)Oc2ccccc21.N. The van der Waals surface area contributed by atoms with Crippen molar-refractivity contribution >= 4 is 0 Å². The second-order valence-corrected chi connectivity index (χ2v) is 3.27. The van der Waals surface area contributed by atoms with Crippen molar-refractivity contribution in [1.29, 1.82) is 0 Å². The molecule has 0 atom stereocenters. The number of rotatable bonds is 0. The zero-order chi connectivity index (χ0) is 12.2. The number of hydrogen-bond acceptors (Lipinski definition) is 2. The Morgan fingerprint density at radius 1 is 0.882 bits per heavy atom. The standard InChI is InChI=1S/C9H4F6O.H3N/c10-8(11,12)7(9(13,14)15)5-3-1-2-4-6(5)16-7;/h1-4H;1H3. The van der Waals surface area contributed by atoms with E-state index >= 15 is 0 Å². The smallest absolute Gasteiger partial charge is 0.442 e. The highest BCUT2D eigenvalue weighted by Gasteiger charge is 2.79.